The lowest BCUT2D eigenvalue weighted by Gasteiger charge is -2.38. The van der Waals surface area contributed by atoms with Crippen LogP contribution in [0.2, 0.25) is 5.02 Å². The van der Waals surface area contributed by atoms with Crippen LogP contribution in [-0.2, 0) is 0 Å². The van der Waals surface area contributed by atoms with Crippen molar-refractivity contribution in [3.63, 3.8) is 0 Å². The van der Waals surface area contributed by atoms with Crippen molar-refractivity contribution in [1.82, 2.24) is 0 Å². The first-order valence-corrected chi connectivity index (χ1v) is 8.60. The third-order valence-corrected chi connectivity index (χ3v) is 5.14. The van der Waals surface area contributed by atoms with Crippen molar-refractivity contribution >= 4 is 17.3 Å². The maximum Gasteiger partial charge on any atom is 0.142 e. The lowest BCUT2D eigenvalue weighted by molar-refractivity contribution is 0.337. The zero-order valence-corrected chi connectivity index (χ0v) is 13.9. The Morgan fingerprint density at radius 3 is 2.78 bits per heavy atom. The maximum atomic E-state index is 6.06. The van der Waals surface area contributed by atoms with Gasteiger partial charge in [-0.2, -0.15) is 0 Å². The number of rotatable bonds is 3. The average molecular weight is 326 g/mol. The first-order valence-electron chi connectivity index (χ1n) is 8.22. The molecule has 23 heavy (non-hydrogen) atoms. The van der Waals surface area contributed by atoms with Crippen molar-refractivity contribution in [1.29, 1.82) is 0 Å². The zero-order valence-electron chi connectivity index (χ0n) is 13.1. The van der Waals surface area contributed by atoms with Gasteiger partial charge < -0.3 is 10.1 Å². The molecule has 2 aliphatic rings. The SMILES string of the molecule is CCOc1cccc2c1N[C@H](c1ccc(Cl)cc1)[C@@H]1CC=C[C@@H]21. The highest BCUT2D eigenvalue weighted by molar-refractivity contribution is 6.30. The lowest BCUT2D eigenvalue weighted by atomic mass is 9.77. The average Bonchev–Trinajstić information content (AvgIpc) is 3.05. The molecule has 118 valence electrons. The minimum Gasteiger partial charge on any atom is -0.492 e. The molecule has 0 amide bonds. The Bertz CT molecular complexity index is 738. The molecule has 0 aromatic heterocycles. The van der Waals surface area contributed by atoms with E-state index in [2.05, 4.69) is 41.7 Å². The summed E-state index contributed by atoms with van der Waals surface area (Å²) in [6.07, 6.45) is 5.76. The molecule has 0 saturated carbocycles. The molecular formula is C20H20ClNO. The fourth-order valence-corrected chi connectivity index (χ4v) is 3.99. The summed E-state index contributed by atoms with van der Waals surface area (Å²) in [5.41, 5.74) is 3.77. The van der Waals surface area contributed by atoms with Gasteiger partial charge in [-0.3, -0.25) is 0 Å². The number of benzene rings is 2. The number of fused-ring (bicyclic) bond motifs is 3. The van der Waals surface area contributed by atoms with Crippen LogP contribution in [0.4, 0.5) is 5.69 Å². The van der Waals surface area contributed by atoms with Gasteiger partial charge in [0.1, 0.15) is 5.75 Å². The topological polar surface area (TPSA) is 21.3 Å². The molecule has 3 heteroatoms. The zero-order chi connectivity index (χ0) is 15.8. The van der Waals surface area contributed by atoms with Gasteiger partial charge in [-0.1, -0.05) is 48.0 Å². The van der Waals surface area contributed by atoms with Crippen LogP contribution in [-0.4, -0.2) is 6.61 Å². The molecule has 2 aromatic rings. The Labute approximate surface area is 142 Å². The van der Waals surface area contributed by atoms with Gasteiger partial charge in [-0.05, 0) is 48.6 Å². The number of allylic oxidation sites excluding steroid dienone is 2. The smallest absolute Gasteiger partial charge is 0.142 e. The van der Waals surface area contributed by atoms with Gasteiger partial charge in [0.25, 0.3) is 0 Å². The summed E-state index contributed by atoms with van der Waals surface area (Å²) in [5.74, 6) is 1.94. The quantitative estimate of drug-likeness (QED) is 0.745. The monoisotopic (exact) mass is 325 g/mol. The van der Waals surface area contributed by atoms with Crippen LogP contribution in [0.5, 0.6) is 5.75 Å². The number of anilines is 1. The van der Waals surface area contributed by atoms with E-state index in [4.69, 9.17) is 16.3 Å². The number of nitrogens with one attached hydrogen (secondary N) is 1. The van der Waals surface area contributed by atoms with E-state index in [9.17, 15) is 0 Å². The summed E-state index contributed by atoms with van der Waals surface area (Å²) in [5, 5.41) is 4.53. The Hall–Kier alpha value is -1.93. The van der Waals surface area contributed by atoms with Gasteiger partial charge in [-0.15, -0.1) is 0 Å². The van der Waals surface area contributed by atoms with Gasteiger partial charge in [0.05, 0.1) is 18.3 Å². The van der Waals surface area contributed by atoms with Gasteiger partial charge in [-0.25, -0.2) is 0 Å². The Balaban J connectivity index is 1.78. The van der Waals surface area contributed by atoms with Crippen molar-refractivity contribution in [2.45, 2.75) is 25.3 Å². The van der Waals surface area contributed by atoms with Crippen LogP contribution in [0.3, 0.4) is 0 Å². The molecule has 2 nitrogen and oxygen atoms in total. The second-order valence-electron chi connectivity index (χ2n) is 6.18. The molecule has 0 spiro atoms. The van der Waals surface area contributed by atoms with Crippen molar-refractivity contribution < 1.29 is 4.74 Å². The normalized spacial score (nSPS) is 24.7. The molecule has 4 rings (SSSR count). The fourth-order valence-electron chi connectivity index (χ4n) is 3.87. The molecular weight excluding hydrogens is 306 g/mol. The highest BCUT2D eigenvalue weighted by Crippen LogP contribution is 2.52. The second kappa shape index (κ2) is 5.93. The van der Waals surface area contributed by atoms with Crippen LogP contribution in [0.15, 0.2) is 54.6 Å². The van der Waals surface area contributed by atoms with Gasteiger partial charge in [0.2, 0.25) is 0 Å². The largest absolute Gasteiger partial charge is 0.492 e. The van der Waals surface area contributed by atoms with E-state index in [1.54, 1.807) is 0 Å². The molecule has 0 saturated heterocycles. The van der Waals surface area contributed by atoms with E-state index >= 15 is 0 Å². The first kappa shape index (κ1) is 14.6. The van der Waals surface area contributed by atoms with Crippen LogP contribution < -0.4 is 10.1 Å². The second-order valence-corrected chi connectivity index (χ2v) is 6.62. The number of para-hydroxylation sites is 1. The van der Waals surface area contributed by atoms with Crippen LogP contribution >= 0.6 is 11.6 Å². The predicted octanol–water partition coefficient (Wildman–Crippen LogP) is 5.57. The van der Waals surface area contributed by atoms with E-state index in [0.29, 0.717) is 18.4 Å². The van der Waals surface area contributed by atoms with Crippen molar-refractivity contribution in [2.75, 3.05) is 11.9 Å². The van der Waals surface area contributed by atoms with Crippen LogP contribution in [0.25, 0.3) is 0 Å². The molecule has 2 aromatic carbocycles. The molecule has 0 unspecified atom stereocenters. The minimum atomic E-state index is 0.279. The van der Waals surface area contributed by atoms with Crippen molar-refractivity contribution in [2.24, 2.45) is 5.92 Å². The predicted molar refractivity (Wildman–Crippen MR) is 95.4 cm³/mol. The maximum absolute atomic E-state index is 6.06. The Kier molecular flexibility index (Phi) is 3.78. The standard InChI is InChI=1S/C20H20ClNO/c1-2-23-18-8-4-7-17-15-5-3-6-16(15)19(22-20(17)18)13-9-11-14(21)12-10-13/h3-5,7-12,15-16,19,22H,2,6H2,1H3/t15-,16-,19-/m1/s1. The Morgan fingerprint density at radius 1 is 1.17 bits per heavy atom. The van der Waals surface area contributed by atoms with Crippen molar-refractivity contribution in [3.8, 4) is 5.75 Å². The highest BCUT2D eigenvalue weighted by Gasteiger charge is 2.38. The summed E-state index contributed by atoms with van der Waals surface area (Å²) in [6, 6.07) is 14.8. The summed E-state index contributed by atoms with van der Waals surface area (Å²) >= 11 is 6.06. The number of hydrogen-bond acceptors (Lipinski definition) is 2. The molecule has 1 N–H and O–H groups in total. The molecule has 1 heterocycles. The molecule has 0 radical (unpaired) electrons. The van der Waals surface area contributed by atoms with Crippen molar-refractivity contribution in [3.05, 3.63) is 70.8 Å². The van der Waals surface area contributed by atoms with E-state index in [0.717, 1.165) is 22.9 Å². The van der Waals surface area contributed by atoms with E-state index in [1.807, 2.05) is 25.1 Å². The number of hydrogen-bond donors (Lipinski definition) is 1. The molecule has 1 aliphatic heterocycles. The minimum absolute atomic E-state index is 0.279. The van der Waals surface area contributed by atoms with Gasteiger partial charge in [0, 0.05) is 10.9 Å². The highest BCUT2D eigenvalue weighted by atomic mass is 35.5. The van der Waals surface area contributed by atoms with Crippen LogP contribution in [0.1, 0.15) is 36.4 Å². The number of halogens is 1. The number of ether oxygens (including phenoxy) is 1. The molecule has 3 atom stereocenters. The van der Waals surface area contributed by atoms with Crippen LogP contribution in [0, 0.1) is 5.92 Å². The fraction of sp³-hybridized carbons (Fsp3) is 0.300. The molecule has 0 bridgehead atoms. The van der Waals surface area contributed by atoms with E-state index in [1.165, 1.54) is 11.1 Å². The van der Waals surface area contributed by atoms with E-state index in [-0.39, 0.29) is 6.04 Å². The van der Waals surface area contributed by atoms with E-state index < -0.39 is 0 Å². The summed E-state index contributed by atoms with van der Waals surface area (Å²) in [4.78, 5) is 0. The lowest BCUT2D eigenvalue weighted by Crippen LogP contribution is -2.29. The third-order valence-electron chi connectivity index (χ3n) is 4.89. The third kappa shape index (κ3) is 2.51. The molecule has 1 aliphatic carbocycles. The van der Waals surface area contributed by atoms with Gasteiger partial charge in [0.15, 0.2) is 0 Å². The molecule has 0 fully saturated rings. The summed E-state index contributed by atoms with van der Waals surface area (Å²) in [6.45, 7) is 2.70. The summed E-state index contributed by atoms with van der Waals surface area (Å²) < 4.78 is 5.85. The Morgan fingerprint density at radius 2 is 2.00 bits per heavy atom. The van der Waals surface area contributed by atoms with Gasteiger partial charge >= 0.3 is 0 Å². The summed E-state index contributed by atoms with van der Waals surface area (Å²) in [7, 11) is 0. The first-order chi connectivity index (χ1) is 11.3.